The Hall–Kier alpha value is -0.380. The van der Waals surface area contributed by atoms with Gasteiger partial charge in [-0.2, -0.15) is 0 Å². The average Bonchev–Trinajstić information content (AvgIpc) is 3.03. The summed E-state index contributed by atoms with van der Waals surface area (Å²) in [7, 11) is 0. The molecule has 0 spiro atoms. The minimum Gasteiger partial charge on any atom is -0.327 e. The molecule has 1 aromatic rings. The van der Waals surface area contributed by atoms with Crippen LogP contribution in [0.4, 0.5) is 0 Å². The molecule has 3 heteroatoms. The number of hydrogen-bond donors (Lipinski definition) is 1. The predicted octanol–water partition coefficient (Wildman–Crippen LogP) is 3.50. The minimum atomic E-state index is 0.446. The summed E-state index contributed by atoms with van der Waals surface area (Å²) in [6.07, 6.45) is 6.48. The van der Waals surface area contributed by atoms with Crippen molar-refractivity contribution in [2.45, 2.75) is 44.2 Å². The van der Waals surface area contributed by atoms with E-state index in [0.717, 1.165) is 11.8 Å². The van der Waals surface area contributed by atoms with Crippen molar-refractivity contribution in [1.29, 1.82) is 0 Å². The van der Waals surface area contributed by atoms with Gasteiger partial charge >= 0.3 is 0 Å². The number of fused-ring (bicyclic) bond motifs is 2. The molecular weight excluding hydrogens is 312 g/mol. The third-order valence-corrected chi connectivity index (χ3v) is 6.55. The van der Waals surface area contributed by atoms with Gasteiger partial charge in [0.15, 0.2) is 0 Å². The number of hydrogen-bond acceptors (Lipinski definition) is 2. The fourth-order valence-electron chi connectivity index (χ4n) is 4.77. The number of rotatable bonds is 1. The van der Waals surface area contributed by atoms with Crippen molar-refractivity contribution >= 4 is 15.9 Å². The van der Waals surface area contributed by atoms with Crippen LogP contribution in [0.15, 0.2) is 22.7 Å². The molecule has 1 saturated carbocycles. The number of nitrogens with two attached hydrogens (primary N) is 1. The first kappa shape index (κ1) is 13.3. The van der Waals surface area contributed by atoms with E-state index in [-0.39, 0.29) is 0 Å². The molecule has 1 heterocycles. The quantitative estimate of drug-likeness (QED) is 0.851. The standard InChI is InChI=1S/C17H23BrN2/c18-15-5-2-4-13-12(15)7-8-17(13)20-9-11-3-1-6-16(19)14(11)10-20/h2,4-5,11,14,16-17H,1,3,6-10,19H2. The molecule has 0 aromatic heterocycles. The Kier molecular flexibility index (Phi) is 3.40. The molecule has 108 valence electrons. The first-order chi connectivity index (χ1) is 9.74. The van der Waals surface area contributed by atoms with E-state index in [0.29, 0.717) is 12.1 Å². The van der Waals surface area contributed by atoms with Crippen LogP contribution in [0.2, 0.25) is 0 Å². The van der Waals surface area contributed by atoms with E-state index in [4.69, 9.17) is 5.73 Å². The maximum Gasteiger partial charge on any atom is 0.0354 e. The van der Waals surface area contributed by atoms with Crippen molar-refractivity contribution in [2.75, 3.05) is 13.1 Å². The van der Waals surface area contributed by atoms with Gasteiger partial charge in [0.2, 0.25) is 0 Å². The normalized spacial score (nSPS) is 36.9. The molecule has 3 aliphatic rings. The molecule has 0 bridgehead atoms. The van der Waals surface area contributed by atoms with Gasteiger partial charge in [0.25, 0.3) is 0 Å². The highest BCUT2D eigenvalue weighted by atomic mass is 79.9. The third kappa shape index (κ3) is 2.06. The Morgan fingerprint density at radius 1 is 1.15 bits per heavy atom. The van der Waals surface area contributed by atoms with Crippen molar-refractivity contribution in [3.8, 4) is 0 Å². The van der Waals surface area contributed by atoms with Crippen molar-refractivity contribution < 1.29 is 0 Å². The summed E-state index contributed by atoms with van der Waals surface area (Å²) in [5, 5.41) is 0. The lowest BCUT2D eigenvalue weighted by atomic mass is 9.78. The van der Waals surface area contributed by atoms with Gasteiger partial charge in [0.05, 0.1) is 0 Å². The highest BCUT2D eigenvalue weighted by Crippen LogP contribution is 2.44. The van der Waals surface area contributed by atoms with Crippen LogP contribution in [0.1, 0.15) is 42.9 Å². The smallest absolute Gasteiger partial charge is 0.0354 e. The zero-order valence-corrected chi connectivity index (χ0v) is 13.5. The van der Waals surface area contributed by atoms with Crippen molar-refractivity contribution in [3.05, 3.63) is 33.8 Å². The monoisotopic (exact) mass is 334 g/mol. The Balaban J connectivity index is 1.58. The van der Waals surface area contributed by atoms with Gasteiger partial charge in [-0.25, -0.2) is 0 Å². The van der Waals surface area contributed by atoms with Crippen LogP contribution >= 0.6 is 15.9 Å². The lowest BCUT2D eigenvalue weighted by Gasteiger charge is -2.30. The van der Waals surface area contributed by atoms with E-state index in [9.17, 15) is 0 Å². The lowest BCUT2D eigenvalue weighted by Crippen LogP contribution is -2.38. The molecule has 2 fully saturated rings. The van der Waals surface area contributed by atoms with E-state index in [1.54, 1.807) is 5.56 Å². The van der Waals surface area contributed by atoms with E-state index in [2.05, 4.69) is 39.0 Å². The second-order valence-corrected chi connectivity index (χ2v) is 7.69. The van der Waals surface area contributed by atoms with Gasteiger partial charge in [0, 0.05) is 29.6 Å². The molecule has 2 nitrogen and oxygen atoms in total. The molecule has 4 rings (SSSR count). The number of halogens is 1. The second-order valence-electron chi connectivity index (χ2n) is 6.83. The van der Waals surface area contributed by atoms with Gasteiger partial charge in [-0.15, -0.1) is 0 Å². The summed E-state index contributed by atoms with van der Waals surface area (Å²) in [4.78, 5) is 2.73. The van der Waals surface area contributed by atoms with Crippen LogP contribution in [0, 0.1) is 11.8 Å². The Morgan fingerprint density at radius 2 is 2.05 bits per heavy atom. The van der Waals surface area contributed by atoms with E-state index in [1.165, 1.54) is 55.2 Å². The first-order valence-electron chi connectivity index (χ1n) is 8.01. The average molecular weight is 335 g/mol. The molecule has 1 aliphatic heterocycles. The summed E-state index contributed by atoms with van der Waals surface area (Å²) < 4.78 is 1.30. The molecule has 4 unspecified atom stereocenters. The largest absolute Gasteiger partial charge is 0.327 e. The molecule has 4 atom stereocenters. The van der Waals surface area contributed by atoms with Crippen LogP contribution in [-0.2, 0) is 6.42 Å². The Morgan fingerprint density at radius 3 is 2.90 bits per heavy atom. The van der Waals surface area contributed by atoms with Crippen molar-refractivity contribution in [3.63, 3.8) is 0 Å². The van der Waals surface area contributed by atoms with Gasteiger partial charge in [-0.3, -0.25) is 4.90 Å². The minimum absolute atomic E-state index is 0.446. The Labute approximate surface area is 129 Å². The number of likely N-dealkylation sites (tertiary alicyclic amines) is 1. The maximum absolute atomic E-state index is 6.37. The van der Waals surface area contributed by atoms with Gasteiger partial charge in [-0.1, -0.05) is 34.5 Å². The number of nitrogens with zero attached hydrogens (tertiary/aromatic N) is 1. The van der Waals surface area contributed by atoms with Crippen LogP contribution in [0.3, 0.4) is 0 Å². The zero-order chi connectivity index (χ0) is 13.7. The molecule has 1 saturated heterocycles. The van der Waals surface area contributed by atoms with Crippen LogP contribution in [0.5, 0.6) is 0 Å². The summed E-state index contributed by atoms with van der Waals surface area (Å²) in [6.45, 7) is 2.50. The SMILES string of the molecule is NC1CCCC2CN(C3CCc4c(Br)cccc43)CC12. The summed E-state index contributed by atoms with van der Waals surface area (Å²) >= 11 is 3.72. The highest BCUT2D eigenvalue weighted by molar-refractivity contribution is 9.10. The first-order valence-corrected chi connectivity index (χ1v) is 8.80. The Bertz CT molecular complexity index is 516. The lowest BCUT2D eigenvalue weighted by molar-refractivity contribution is 0.230. The van der Waals surface area contributed by atoms with E-state index >= 15 is 0 Å². The third-order valence-electron chi connectivity index (χ3n) is 5.80. The summed E-state index contributed by atoms with van der Waals surface area (Å²) in [5.74, 6) is 1.61. The summed E-state index contributed by atoms with van der Waals surface area (Å²) in [5.41, 5.74) is 9.47. The molecule has 1 aromatic carbocycles. The molecule has 0 amide bonds. The highest BCUT2D eigenvalue weighted by Gasteiger charge is 2.42. The topological polar surface area (TPSA) is 29.3 Å². The second kappa shape index (κ2) is 5.11. The molecule has 2 N–H and O–H groups in total. The molecule has 20 heavy (non-hydrogen) atoms. The van der Waals surface area contributed by atoms with Crippen LogP contribution in [-0.4, -0.2) is 24.0 Å². The van der Waals surface area contributed by atoms with Crippen LogP contribution < -0.4 is 5.73 Å². The van der Waals surface area contributed by atoms with Gasteiger partial charge in [0.1, 0.15) is 0 Å². The predicted molar refractivity (Wildman–Crippen MR) is 85.6 cm³/mol. The summed E-state index contributed by atoms with van der Waals surface area (Å²) in [6, 6.07) is 7.79. The fraction of sp³-hybridized carbons (Fsp3) is 0.647. The van der Waals surface area contributed by atoms with E-state index < -0.39 is 0 Å². The molecule has 2 aliphatic carbocycles. The van der Waals surface area contributed by atoms with Crippen molar-refractivity contribution in [2.24, 2.45) is 17.6 Å². The van der Waals surface area contributed by atoms with Crippen molar-refractivity contribution in [1.82, 2.24) is 4.90 Å². The fourth-order valence-corrected chi connectivity index (χ4v) is 5.35. The zero-order valence-electron chi connectivity index (χ0n) is 11.9. The van der Waals surface area contributed by atoms with E-state index in [1.807, 2.05) is 0 Å². The molecule has 0 radical (unpaired) electrons. The molecular formula is C17H23BrN2. The van der Waals surface area contributed by atoms with Crippen LogP contribution in [0.25, 0.3) is 0 Å². The van der Waals surface area contributed by atoms with Gasteiger partial charge < -0.3 is 5.73 Å². The van der Waals surface area contributed by atoms with Gasteiger partial charge in [-0.05, 0) is 54.7 Å². The maximum atomic E-state index is 6.37. The number of benzene rings is 1.